The fourth-order valence-electron chi connectivity index (χ4n) is 3.52. The predicted molar refractivity (Wildman–Crippen MR) is 103 cm³/mol. The lowest BCUT2D eigenvalue weighted by Gasteiger charge is -2.26. The summed E-state index contributed by atoms with van der Waals surface area (Å²) in [5, 5.41) is 0. The summed E-state index contributed by atoms with van der Waals surface area (Å²) in [7, 11) is 0. The lowest BCUT2D eigenvalue weighted by atomic mass is 10.1. The molecule has 7 nitrogen and oxygen atoms in total. The van der Waals surface area contributed by atoms with Crippen molar-refractivity contribution in [2.75, 3.05) is 24.5 Å². The van der Waals surface area contributed by atoms with Crippen LogP contribution in [0.1, 0.15) is 30.9 Å². The lowest BCUT2D eigenvalue weighted by molar-refractivity contribution is 0.223. The summed E-state index contributed by atoms with van der Waals surface area (Å²) in [6, 6.07) is 7.62. The van der Waals surface area contributed by atoms with E-state index in [-0.39, 0.29) is 5.56 Å². The van der Waals surface area contributed by atoms with Crippen molar-refractivity contribution in [2.45, 2.75) is 33.4 Å². The molecule has 0 aliphatic carbocycles. The summed E-state index contributed by atoms with van der Waals surface area (Å²) in [6.07, 6.45) is 2.31. The van der Waals surface area contributed by atoms with Gasteiger partial charge in [0.15, 0.2) is 17.5 Å². The average Bonchev–Trinajstić information content (AvgIpc) is 3.36. The van der Waals surface area contributed by atoms with E-state index < -0.39 is 0 Å². The smallest absolute Gasteiger partial charge is 0.256 e. The predicted octanol–water partition coefficient (Wildman–Crippen LogP) is 3.03. The van der Waals surface area contributed by atoms with Gasteiger partial charge < -0.3 is 18.7 Å². The van der Waals surface area contributed by atoms with Crippen molar-refractivity contribution in [3.05, 3.63) is 57.9 Å². The standard InChI is InChI=1S/C20H24N4O3/c1-3-24(4-2)18-8-7-14(27-18)12-23-10-9-16-15(13-23)20(25)22-19(21-16)17-6-5-11-26-17/h5-8,11H,3-4,9-10,12-13H2,1-2H3,(H,21,22,25). The minimum atomic E-state index is -0.0978. The molecule has 0 aromatic carbocycles. The summed E-state index contributed by atoms with van der Waals surface area (Å²) >= 11 is 0. The van der Waals surface area contributed by atoms with Gasteiger partial charge in [0, 0.05) is 38.7 Å². The normalized spacial score (nSPS) is 14.3. The molecule has 1 N–H and O–H groups in total. The number of nitrogens with zero attached hydrogens (tertiary/aromatic N) is 3. The van der Waals surface area contributed by atoms with Gasteiger partial charge >= 0.3 is 0 Å². The van der Waals surface area contributed by atoms with Crippen molar-refractivity contribution >= 4 is 5.88 Å². The first-order valence-electron chi connectivity index (χ1n) is 9.40. The molecule has 0 fully saturated rings. The van der Waals surface area contributed by atoms with E-state index in [2.05, 4.69) is 33.6 Å². The number of fused-ring (bicyclic) bond motifs is 1. The molecule has 0 saturated heterocycles. The maximum atomic E-state index is 12.6. The minimum absolute atomic E-state index is 0.0978. The van der Waals surface area contributed by atoms with Gasteiger partial charge in [0.2, 0.25) is 0 Å². The van der Waals surface area contributed by atoms with Crippen molar-refractivity contribution in [1.29, 1.82) is 0 Å². The Hall–Kier alpha value is -2.80. The zero-order chi connectivity index (χ0) is 18.8. The van der Waals surface area contributed by atoms with Gasteiger partial charge in [-0.25, -0.2) is 4.98 Å². The molecule has 4 rings (SSSR count). The van der Waals surface area contributed by atoms with E-state index in [1.54, 1.807) is 18.4 Å². The molecule has 1 aliphatic rings. The highest BCUT2D eigenvalue weighted by molar-refractivity contribution is 5.47. The first-order valence-corrected chi connectivity index (χ1v) is 9.40. The maximum absolute atomic E-state index is 12.6. The van der Waals surface area contributed by atoms with Gasteiger partial charge in [0.05, 0.1) is 24.1 Å². The van der Waals surface area contributed by atoms with Crippen molar-refractivity contribution in [1.82, 2.24) is 14.9 Å². The molecule has 3 aromatic rings. The monoisotopic (exact) mass is 368 g/mol. The second kappa shape index (κ2) is 7.44. The number of furan rings is 2. The van der Waals surface area contributed by atoms with E-state index in [1.807, 2.05) is 12.1 Å². The maximum Gasteiger partial charge on any atom is 0.256 e. The minimum Gasteiger partial charge on any atom is -0.461 e. The van der Waals surface area contributed by atoms with Crippen LogP contribution in [-0.4, -0.2) is 34.5 Å². The van der Waals surface area contributed by atoms with E-state index in [9.17, 15) is 4.79 Å². The van der Waals surface area contributed by atoms with Gasteiger partial charge in [-0.2, -0.15) is 0 Å². The summed E-state index contributed by atoms with van der Waals surface area (Å²) in [5.41, 5.74) is 1.48. The van der Waals surface area contributed by atoms with Crippen molar-refractivity contribution in [3.8, 4) is 11.6 Å². The van der Waals surface area contributed by atoms with Crippen LogP contribution in [0.15, 0.2) is 44.2 Å². The Morgan fingerprint density at radius 2 is 2.11 bits per heavy atom. The van der Waals surface area contributed by atoms with E-state index in [4.69, 9.17) is 8.83 Å². The third-order valence-corrected chi connectivity index (χ3v) is 5.00. The summed E-state index contributed by atoms with van der Waals surface area (Å²) < 4.78 is 11.3. The molecule has 4 heterocycles. The van der Waals surface area contributed by atoms with Crippen LogP contribution in [0.4, 0.5) is 5.88 Å². The topological polar surface area (TPSA) is 78.5 Å². The molecule has 142 valence electrons. The molecular weight excluding hydrogens is 344 g/mol. The van der Waals surface area contributed by atoms with Gasteiger partial charge in [0.25, 0.3) is 5.56 Å². The average molecular weight is 368 g/mol. The van der Waals surface area contributed by atoms with Crippen LogP contribution in [-0.2, 0) is 19.5 Å². The highest BCUT2D eigenvalue weighted by Crippen LogP contribution is 2.23. The molecule has 0 spiro atoms. The first-order chi connectivity index (χ1) is 13.2. The molecule has 0 amide bonds. The van der Waals surface area contributed by atoms with Crippen molar-refractivity contribution < 1.29 is 8.83 Å². The Morgan fingerprint density at radius 1 is 1.26 bits per heavy atom. The molecule has 1 aliphatic heterocycles. The third-order valence-electron chi connectivity index (χ3n) is 5.00. The molecular formula is C20H24N4O3. The number of H-pyrrole nitrogens is 1. The number of rotatable bonds is 6. The fraction of sp³-hybridized carbons (Fsp3) is 0.400. The number of aromatic amines is 1. The summed E-state index contributed by atoms with van der Waals surface area (Å²) in [4.78, 5) is 24.4. The van der Waals surface area contributed by atoms with Gasteiger partial charge in [0.1, 0.15) is 5.76 Å². The molecule has 27 heavy (non-hydrogen) atoms. The van der Waals surface area contributed by atoms with E-state index in [0.29, 0.717) is 24.7 Å². The van der Waals surface area contributed by atoms with Gasteiger partial charge in [-0.15, -0.1) is 0 Å². The summed E-state index contributed by atoms with van der Waals surface area (Å²) in [6.45, 7) is 8.14. The molecule has 0 atom stereocenters. The zero-order valence-corrected chi connectivity index (χ0v) is 15.7. The Bertz CT molecular complexity index is 954. The number of hydrogen-bond acceptors (Lipinski definition) is 6. The molecule has 3 aromatic heterocycles. The van der Waals surface area contributed by atoms with Crippen LogP contribution in [0.25, 0.3) is 11.6 Å². The second-order valence-corrected chi connectivity index (χ2v) is 6.69. The second-order valence-electron chi connectivity index (χ2n) is 6.69. The number of anilines is 1. The van der Waals surface area contributed by atoms with Gasteiger partial charge in [-0.05, 0) is 32.0 Å². The van der Waals surface area contributed by atoms with Crippen molar-refractivity contribution in [2.24, 2.45) is 0 Å². The van der Waals surface area contributed by atoms with E-state index >= 15 is 0 Å². The lowest BCUT2D eigenvalue weighted by Crippen LogP contribution is -2.35. The number of hydrogen-bond donors (Lipinski definition) is 1. The SMILES string of the molecule is CCN(CC)c1ccc(CN2CCc3nc(-c4ccco4)[nH]c(=O)c3C2)o1. The highest BCUT2D eigenvalue weighted by Gasteiger charge is 2.23. The first kappa shape index (κ1) is 17.6. The van der Waals surface area contributed by atoms with Crippen LogP contribution in [0.2, 0.25) is 0 Å². The van der Waals surface area contributed by atoms with Crippen LogP contribution >= 0.6 is 0 Å². The van der Waals surface area contributed by atoms with Crippen LogP contribution < -0.4 is 10.5 Å². The van der Waals surface area contributed by atoms with Crippen molar-refractivity contribution in [3.63, 3.8) is 0 Å². The third kappa shape index (κ3) is 3.55. The Balaban J connectivity index is 1.50. The Kier molecular flexibility index (Phi) is 4.85. The summed E-state index contributed by atoms with van der Waals surface area (Å²) in [5.74, 6) is 2.89. The molecule has 0 unspecified atom stereocenters. The van der Waals surface area contributed by atoms with Gasteiger partial charge in [-0.3, -0.25) is 9.69 Å². The van der Waals surface area contributed by atoms with Crippen LogP contribution in [0.3, 0.4) is 0 Å². The zero-order valence-electron chi connectivity index (χ0n) is 15.7. The van der Waals surface area contributed by atoms with Crippen LogP contribution in [0.5, 0.6) is 0 Å². The van der Waals surface area contributed by atoms with E-state index in [1.165, 1.54) is 0 Å². The quantitative estimate of drug-likeness (QED) is 0.721. The molecule has 0 bridgehead atoms. The fourth-order valence-corrected chi connectivity index (χ4v) is 3.52. The number of aromatic nitrogens is 2. The Morgan fingerprint density at radius 3 is 2.85 bits per heavy atom. The van der Waals surface area contributed by atoms with Gasteiger partial charge in [-0.1, -0.05) is 0 Å². The van der Waals surface area contributed by atoms with Crippen LogP contribution in [0, 0.1) is 0 Å². The largest absolute Gasteiger partial charge is 0.461 e. The molecule has 7 heteroatoms. The Labute approximate surface area is 157 Å². The highest BCUT2D eigenvalue weighted by atomic mass is 16.4. The number of nitrogens with one attached hydrogen (secondary N) is 1. The van der Waals surface area contributed by atoms with E-state index in [0.717, 1.165) is 49.0 Å². The molecule has 0 saturated carbocycles. The molecule has 0 radical (unpaired) electrons.